The number of piperidine rings is 1. The first-order valence-electron chi connectivity index (χ1n) is 7.49. The van der Waals surface area contributed by atoms with Gasteiger partial charge in [-0.25, -0.2) is 4.79 Å². The molecule has 0 saturated carbocycles. The summed E-state index contributed by atoms with van der Waals surface area (Å²) in [5.41, 5.74) is 6.44. The zero-order valence-corrected chi connectivity index (χ0v) is 12.5. The summed E-state index contributed by atoms with van der Waals surface area (Å²) in [6, 6.07) is 9.53. The molecule has 0 radical (unpaired) electrons. The molecule has 0 spiro atoms. The van der Waals surface area contributed by atoms with Crippen LogP contribution in [0.25, 0.3) is 0 Å². The lowest BCUT2D eigenvalue weighted by molar-refractivity contribution is -0.137. The van der Waals surface area contributed by atoms with Crippen LogP contribution < -0.4 is 5.73 Å². The second-order valence-electron chi connectivity index (χ2n) is 5.46. The standard InChI is InChI=1S/C16H23N3O2/c1-2-18(11-13-7-4-3-5-8-13)15(20)14-9-6-10-19(12-14)16(17)21/h3-5,7-8,14H,2,6,9-12H2,1H3,(H2,17,21). The molecule has 1 fully saturated rings. The van der Waals surface area contributed by atoms with Crippen molar-refractivity contribution in [1.82, 2.24) is 9.80 Å². The van der Waals surface area contributed by atoms with Crippen molar-refractivity contribution < 1.29 is 9.59 Å². The first-order valence-corrected chi connectivity index (χ1v) is 7.49. The number of primary amides is 1. The normalized spacial score (nSPS) is 18.3. The van der Waals surface area contributed by atoms with Crippen molar-refractivity contribution in [3.63, 3.8) is 0 Å². The minimum absolute atomic E-state index is 0.118. The van der Waals surface area contributed by atoms with E-state index in [4.69, 9.17) is 5.73 Å². The van der Waals surface area contributed by atoms with Gasteiger partial charge in [-0.15, -0.1) is 0 Å². The molecule has 3 amide bonds. The van der Waals surface area contributed by atoms with Gasteiger partial charge in [0.1, 0.15) is 0 Å². The smallest absolute Gasteiger partial charge is 0.314 e. The van der Waals surface area contributed by atoms with Gasteiger partial charge in [-0.2, -0.15) is 0 Å². The van der Waals surface area contributed by atoms with Crippen molar-refractivity contribution in [2.24, 2.45) is 11.7 Å². The highest BCUT2D eigenvalue weighted by atomic mass is 16.2. The minimum atomic E-state index is -0.432. The van der Waals surface area contributed by atoms with Gasteiger partial charge >= 0.3 is 6.03 Å². The van der Waals surface area contributed by atoms with Gasteiger partial charge in [0, 0.05) is 26.2 Å². The van der Waals surface area contributed by atoms with Crippen LogP contribution in [0.15, 0.2) is 30.3 Å². The molecule has 1 aliphatic rings. The molecule has 0 aliphatic carbocycles. The molecule has 1 aromatic rings. The number of nitrogens with zero attached hydrogens (tertiary/aromatic N) is 2. The maximum atomic E-state index is 12.6. The van der Waals surface area contributed by atoms with Gasteiger partial charge < -0.3 is 15.5 Å². The number of urea groups is 1. The summed E-state index contributed by atoms with van der Waals surface area (Å²) in [7, 11) is 0. The Labute approximate surface area is 125 Å². The lowest BCUT2D eigenvalue weighted by atomic mass is 9.96. The molecular formula is C16H23N3O2. The van der Waals surface area contributed by atoms with Crippen molar-refractivity contribution in [1.29, 1.82) is 0 Å². The first-order chi connectivity index (χ1) is 10.1. The van der Waals surface area contributed by atoms with E-state index in [1.54, 1.807) is 4.90 Å². The Hall–Kier alpha value is -2.04. The third-order valence-electron chi connectivity index (χ3n) is 3.99. The fraction of sp³-hybridized carbons (Fsp3) is 0.500. The maximum Gasteiger partial charge on any atom is 0.314 e. The Balaban J connectivity index is 2.00. The van der Waals surface area contributed by atoms with E-state index in [2.05, 4.69) is 0 Å². The van der Waals surface area contributed by atoms with E-state index < -0.39 is 6.03 Å². The number of hydrogen-bond donors (Lipinski definition) is 1. The second kappa shape index (κ2) is 7.11. The number of hydrogen-bond acceptors (Lipinski definition) is 2. The van der Waals surface area contributed by atoms with Gasteiger partial charge in [-0.3, -0.25) is 4.79 Å². The van der Waals surface area contributed by atoms with Crippen LogP contribution in [0.3, 0.4) is 0 Å². The van der Waals surface area contributed by atoms with Crippen molar-refractivity contribution in [3.05, 3.63) is 35.9 Å². The molecule has 0 aromatic heterocycles. The number of rotatable bonds is 4. The lowest BCUT2D eigenvalue weighted by Gasteiger charge is -2.34. The maximum absolute atomic E-state index is 12.6. The third-order valence-corrected chi connectivity index (χ3v) is 3.99. The molecule has 2 rings (SSSR count). The molecule has 1 aromatic carbocycles. The largest absolute Gasteiger partial charge is 0.351 e. The molecule has 1 heterocycles. The molecule has 21 heavy (non-hydrogen) atoms. The number of carbonyl (C=O) groups is 2. The van der Waals surface area contributed by atoms with Crippen LogP contribution in [0.5, 0.6) is 0 Å². The average Bonchev–Trinajstić information content (AvgIpc) is 2.53. The molecule has 1 unspecified atom stereocenters. The van der Waals surface area contributed by atoms with Crippen LogP contribution >= 0.6 is 0 Å². The summed E-state index contributed by atoms with van der Waals surface area (Å²) >= 11 is 0. The highest BCUT2D eigenvalue weighted by Crippen LogP contribution is 2.19. The SMILES string of the molecule is CCN(Cc1ccccc1)C(=O)C1CCCN(C(N)=O)C1. The van der Waals surface area contributed by atoms with Crippen LogP contribution in [0.2, 0.25) is 0 Å². The summed E-state index contributed by atoms with van der Waals surface area (Å²) < 4.78 is 0. The Morgan fingerprint density at radius 2 is 2.05 bits per heavy atom. The summed E-state index contributed by atoms with van der Waals surface area (Å²) in [6.07, 6.45) is 1.66. The van der Waals surface area contributed by atoms with Crippen LogP contribution in [0.4, 0.5) is 4.79 Å². The Kier molecular flexibility index (Phi) is 5.20. The minimum Gasteiger partial charge on any atom is -0.351 e. The van der Waals surface area contributed by atoms with E-state index in [1.165, 1.54) is 0 Å². The summed E-state index contributed by atoms with van der Waals surface area (Å²) in [4.78, 5) is 27.3. The van der Waals surface area contributed by atoms with Crippen LogP contribution in [0, 0.1) is 5.92 Å². The third kappa shape index (κ3) is 3.97. The molecule has 5 heteroatoms. The Bertz CT molecular complexity index is 490. The molecule has 5 nitrogen and oxygen atoms in total. The first kappa shape index (κ1) is 15.4. The highest BCUT2D eigenvalue weighted by molar-refractivity contribution is 5.80. The number of carbonyl (C=O) groups excluding carboxylic acids is 2. The van der Waals surface area contributed by atoms with Crippen molar-refractivity contribution >= 4 is 11.9 Å². The predicted octanol–water partition coefficient (Wildman–Crippen LogP) is 1.83. The molecule has 1 aliphatic heterocycles. The second-order valence-corrected chi connectivity index (χ2v) is 5.46. The van der Waals surface area contributed by atoms with Crippen LogP contribution in [0.1, 0.15) is 25.3 Å². The Morgan fingerprint density at radius 1 is 1.33 bits per heavy atom. The van der Waals surface area contributed by atoms with Gasteiger partial charge in [0.15, 0.2) is 0 Å². The van der Waals surface area contributed by atoms with Gasteiger partial charge in [-0.05, 0) is 25.3 Å². The van der Waals surface area contributed by atoms with Crippen molar-refractivity contribution in [2.45, 2.75) is 26.3 Å². The lowest BCUT2D eigenvalue weighted by Crippen LogP contribution is -2.48. The molecule has 114 valence electrons. The number of amides is 3. The van der Waals surface area contributed by atoms with Crippen LogP contribution in [-0.2, 0) is 11.3 Å². The molecule has 1 atom stereocenters. The fourth-order valence-corrected chi connectivity index (χ4v) is 2.79. The van der Waals surface area contributed by atoms with E-state index in [-0.39, 0.29) is 11.8 Å². The van der Waals surface area contributed by atoms with Crippen molar-refractivity contribution in [3.8, 4) is 0 Å². The van der Waals surface area contributed by atoms with Gasteiger partial charge in [0.25, 0.3) is 0 Å². The van der Waals surface area contributed by atoms with E-state index in [0.29, 0.717) is 26.2 Å². The topological polar surface area (TPSA) is 66.6 Å². The van der Waals surface area contributed by atoms with Gasteiger partial charge in [-0.1, -0.05) is 30.3 Å². The molecule has 2 N–H and O–H groups in total. The van der Waals surface area contributed by atoms with Crippen LogP contribution in [-0.4, -0.2) is 41.4 Å². The quantitative estimate of drug-likeness (QED) is 0.919. The van der Waals surface area contributed by atoms with E-state index in [1.807, 2.05) is 42.2 Å². The summed E-state index contributed by atoms with van der Waals surface area (Å²) in [5.74, 6) is -0.0118. The zero-order valence-electron chi connectivity index (χ0n) is 12.5. The molecular weight excluding hydrogens is 266 g/mol. The summed E-state index contributed by atoms with van der Waals surface area (Å²) in [5, 5.41) is 0. The van der Waals surface area contributed by atoms with Crippen molar-refractivity contribution in [2.75, 3.05) is 19.6 Å². The Morgan fingerprint density at radius 3 is 2.67 bits per heavy atom. The number of benzene rings is 1. The van der Waals surface area contributed by atoms with Gasteiger partial charge in [0.05, 0.1) is 5.92 Å². The van der Waals surface area contributed by atoms with E-state index in [0.717, 1.165) is 18.4 Å². The van der Waals surface area contributed by atoms with E-state index >= 15 is 0 Å². The predicted molar refractivity (Wildman–Crippen MR) is 81.4 cm³/mol. The average molecular weight is 289 g/mol. The monoisotopic (exact) mass is 289 g/mol. The number of nitrogens with two attached hydrogens (primary N) is 1. The molecule has 0 bridgehead atoms. The van der Waals surface area contributed by atoms with Gasteiger partial charge in [0.2, 0.25) is 5.91 Å². The zero-order chi connectivity index (χ0) is 15.2. The summed E-state index contributed by atoms with van der Waals surface area (Å²) in [6.45, 7) is 4.36. The number of likely N-dealkylation sites (tertiary alicyclic amines) is 1. The van der Waals surface area contributed by atoms with E-state index in [9.17, 15) is 9.59 Å². The highest BCUT2D eigenvalue weighted by Gasteiger charge is 2.30. The molecule has 1 saturated heterocycles. The fourth-order valence-electron chi connectivity index (χ4n) is 2.79.